The molecule has 0 aliphatic heterocycles. The molecule has 1 fully saturated rings. The molecule has 0 bridgehead atoms. The molecule has 5 heteroatoms. The number of amides is 1. The first-order valence-electron chi connectivity index (χ1n) is 6.51. The highest BCUT2D eigenvalue weighted by Gasteiger charge is 2.36. The van der Waals surface area contributed by atoms with Crippen molar-refractivity contribution in [1.82, 2.24) is 10.3 Å². The molecule has 1 aromatic heterocycles. The maximum absolute atomic E-state index is 12.0. The van der Waals surface area contributed by atoms with Crippen molar-refractivity contribution in [2.45, 2.75) is 51.5 Å². The Kier molecular flexibility index (Phi) is 4.02. The topological polar surface area (TPSA) is 68.0 Å². The third-order valence-corrected chi connectivity index (χ3v) is 4.78. The van der Waals surface area contributed by atoms with Crippen LogP contribution in [0.2, 0.25) is 0 Å². The van der Waals surface area contributed by atoms with Gasteiger partial charge in [0.15, 0.2) is 0 Å². The van der Waals surface area contributed by atoms with Gasteiger partial charge in [0.1, 0.15) is 0 Å². The number of nitrogens with one attached hydrogen (secondary N) is 1. The van der Waals surface area contributed by atoms with Gasteiger partial charge in [-0.2, -0.15) is 0 Å². The number of carbonyl (C=O) groups excluding carboxylic acids is 1. The van der Waals surface area contributed by atoms with Crippen molar-refractivity contribution in [1.29, 1.82) is 0 Å². The summed E-state index contributed by atoms with van der Waals surface area (Å²) in [7, 11) is 0. The lowest BCUT2D eigenvalue weighted by molar-refractivity contribution is -0.126. The Morgan fingerprint density at radius 3 is 2.67 bits per heavy atom. The standard InChI is InChI=1S/C13H21N3OS/c1-9-10(2)18-11(16-9)5-8-15-12(17)13(14)6-3-4-7-13/h3-8,14H2,1-2H3,(H,15,17). The minimum Gasteiger partial charge on any atom is -0.354 e. The van der Waals surface area contributed by atoms with Gasteiger partial charge in [0, 0.05) is 17.8 Å². The van der Waals surface area contributed by atoms with Gasteiger partial charge in [-0.25, -0.2) is 4.98 Å². The number of nitrogens with two attached hydrogens (primary N) is 1. The molecule has 0 spiro atoms. The highest BCUT2D eigenvalue weighted by atomic mass is 32.1. The fourth-order valence-electron chi connectivity index (χ4n) is 2.34. The molecule has 0 aromatic carbocycles. The van der Waals surface area contributed by atoms with Crippen LogP contribution in [0.1, 0.15) is 41.3 Å². The van der Waals surface area contributed by atoms with E-state index in [1.807, 2.05) is 6.92 Å². The van der Waals surface area contributed by atoms with Crippen LogP contribution < -0.4 is 11.1 Å². The molecule has 0 unspecified atom stereocenters. The quantitative estimate of drug-likeness (QED) is 0.872. The fourth-order valence-corrected chi connectivity index (χ4v) is 3.27. The first-order chi connectivity index (χ1) is 8.51. The number of aromatic nitrogens is 1. The van der Waals surface area contributed by atoms with Crippen molar-refractivity contribution in [3.8, 4) is 0 Å². The molecule has 3 N–H and O–H groups in total. The maximum atomic E-state index is 12.0. The van der Waals surface area contributed by atoms with Crippen LogP contribution in [0.4, 0.5) is 0 Å². The van der Waals surface area contributed by atoms with E-state index < -0.39 is 5.54 Å². The Balaban J connectivity index is 1.80. The van der Waals surface area contributed by atoms with E-state index in [9.17, 15) is 4.79 Å². The van der Waals surface area contributed by atoms with Crippen LogP contribution in [-0.4, -0.2) is 23.0 Å². The smallest absolute Gasteiger partial charge is 0.240 e. The third kappa shape index (κ3) is 2.90. The normalized spacial score (nSPS) is 17.9. The number of nitrogens with zero attached hydrogens (tertiary/aromatic N) is 1. The first kappa shape index (κ1) is 13.5. The summed E-state index contributed by atoms with van der Waals surface area (Å²) in [5.74, 6) is 0.00463. The molecule has 0 saturated heterocycles. The second-order valence-electron chi connectivity index (χ2n) is 5.12. The van der Waals surface area contributed by atoms with Gasteiger partial charge in [0.25, 0.3) is 0 Å². The number of thiazole rings is 1. The fraction of sp³-hybridized carbons (Fsp3) is 0.692. The van der Waals surface area contributed by atoms with E-state index in [0.717, 1.165) is 42.8 Å². The SMILES string of the molecule is Cc1nc(CCNC(=O)C2(N)CCCC2)sc1C. The molecule has 1 amide bonds. The molecule has 0 radical (unpaired) electrons. The highest BCUT2D eigenvalue weighted by Crippen LogP contribution is 2.27. The van der Waals surface area contributed by atoms with Gasteiger partial charge in [-0.15, -0.1) is 11.3 Å². The molecule has 1 aromatic rings. The largest absolute Gasteiger partial charge is 0.354 e. The van der Waals surface area contributed by atoms with Crippen LogP contribution >= 0.6 is 11.3 Å². The minimum absolute atomic E-state index is 0.00463. The lowest BCUT2D eigenvalue weighted by atomic mass is 9.98. The summed E-state index contributed by atoms with van der Waals surface area (Å²) in [5, 5.41) is 4.03. The van der Waals surface area contributed by atoms with E-state index in [0.29, 0.717) is 6.54 Å². The van der Waals surface area contributed by atoms with Gasteiger partial charge >= 0.3 is 0 Å². The molecule has 1 aliphatic carbocycles. The van der Waals surface area contributed by atoms with Crippen molar-refractivity contribution >= 4 is 17.2 Å². The Hall–Kier alpha value is -0.940. The Bertz CT molecular complexity index is 416. The predicted octanol–water partition coefficient (Wildman–Crippen LogP) is 1.69. The summed E-state index contributed by atoms with van der Waals surface area (Å²) in [4.78, 5) is 17.7. The monoisotopic (exact) mass is 267 g/mol. The zero-order valence-electron chi connectivity index (χ0n) is 11.1. The minimum atomic E-state index is -0.616. The van der Waals surface area contributed by atoms with Crippen molar-refractivity contribution in [3.05, 3.63) is 15.6 Å². The van der Waals surface area contributed by atoms with Crippen molar-refractivity contribution < 1.29 is 4.79 Å². The number of rotatable bonds is 4. The summed E-state index contributed by atoms with van der Waals surface area (Å²) in [6, 6.07) is 0. The van der Waals surface area contributed by atoms with Gasteiger partial charge < -0.3 is 11.1 Å². The van der Waals surface area contributed by atoms with Gasteiger partial charge in [-0.05, 0) is 26.7 Å². The van der Waals surface area contributed by atoms with Crippen molar-refractivity contribution in [2.75, 3.05) is 6.54 Å². The van der Waals surface area contributed by atoms with Crippen molar-refractivity contribution in [3.63, 3.8) is 0 Å². The molecular formula is C13H21N3OS. The summed E-state index contributed by atoms with van der Waals surface area (Å²) in [6.07, 6.45) is 4.55. The van der Waals surface area contributed by atoms with Crippen LogP contribution in [0.25, 0.3) is 0 Å². The van der Waals surface area contributed by atoms with E-state index >= 15 is 0 Å². The average Bonchev–Trinajstić information content (AvgIpc) is 2.88. The molecule has 1 saturated carbocycles. The zero-order valence-corrected chi connectivity index (χ0v) is 11.9. The van der Waals surface area contributed by atoms with Crippen LogP contribution in [0, 0.1) is 13.8 Å². The number of hydrogen-bond donors (Lipinski definition) is 2. The Labute approximate surface area is 112 Å². The number of aryl methyl sites for hydroxylation is 2. The summed E-state index contributed by atoms with van der Waals surface area (Å²) in [5.41, 5.74) is 6.56. The predicted molar refractivity (Wildman–Crippen MR) is 73.7 cm³/mol. The molecule has 100 valence electrons. The second kappa shape index (κ2) is 5.36. The molecule has 0 atom stereocenters. The second-order valence-corrected chi connectivity index (χ2v) is 6.41. The molecule has 1 aliphatic rings. The molecular weight excluding hydrogens is 246 g/mol. The van der Waals surface area contributed by atoms with E-state index in [1.165, 1.54) is 4.88 Å². The molecule has 2 rings (SSSR count). The Morgan fingerprint density at radius 2 is 2.11 bits per heavy atom. The zero-order chi connectivity index (χ0) is 13.2. The average molecular weight is 267 g/mol. The third-order valence-electron chi connectivity index (χ3n) is 3.65. The first-order valence-corrected chi connectivity index (χ1v) is 7.33. The van der Waals surface area contributed by atoms with Gasteiger partial charge in [0.2, 0.25) is 5.91 Å². The highest BCUT2D eigenvalue weighted by molar-refractivity contribution is 7.11. The lowest BCUT2D eigenvalue weighted by Crippen LogP contribution is -2.52. The van der Waals surface area contributed by atoms with E-state index in [4.69, 9.17) is 5.73 Å². The molecule has 1 heterocycles. The van der Waals surface area contributed by atoms with E-state index in [-0.39, 0.29) is 5.91 Å². The van der Waals surface area contributed by atoms with Crippen LogP contribution in [0.3, 0.4) is 0 Å². The van der Waals surface area contributed by atoms with Gasteiger partial charge in [-0.3, -0.25) is 4.79 Å². The maximum Gasteiger partial charge on any atom is 0.240 e. The summed E-state index contributed by atoms with van der Waals surface area (Å²) >= 11 is 1.70. The number of hydrogen-bond acceptors (Lipinski definition) is 4. The van der Waals surface area contributed by atoms with Crippen molar-refractivity contribution in [2.24, 2.45) is 5.73 Å². The van der Waals surface area contributed by atoms with Crippen LogP contribution in [-0.2, 0) is 11.2 Å². The van der Waals surface area contributed by atoms with Crippen LogP contribution in [0.5, 0.6) is 0 Å². The lowest BCUT2D eigenvalue weighted by Gasteiger charge is -2.21. The van der Waals surface area contributed by atoms with Gasteiger partial charge in [0.05, 0.1) is 16.2 Å². The molecule has 18 heavy (non-hydrogen) atoms. The van der Waals surface area contributed by atoms with E-state index in [2.05, 4.69) is 17.2 Å². The van der Waals surface area contributed by atoms with Gasteiger partial charge in [-0.1, -0.05) is 12.8 Å². The van der Waals surface area contributed by atoms with E-state index in [1.54, 1.807) is 11.3 Å². The summed E-state index contributed by atoms with van der Waals surface area (Å²) < 4.78 is 0. The summed E-state index contributed by atoms with van der Waals surface area (Å²) in [6.45, 7) is 4.72. The molecule has 4 nitrogen and oxygen atoms in total. The Morgan fingerprint density at radius 1 is 1.44 bits per heavy atom. The van der Waals surface area contributed by atoms with Crippen LogP contribution in [0.15, 0.2) is 0 Å². The number of carbonyl (C=O) groups is 1.